The number of hydrogen-bond acceptors (Lipinski definition) is 1. The van der Waals surface area contributed by atoms with Gasteiger partial charge in [0, 0.05) is 7.14 Å². The molecule has 0 fully saturated rings. The summed E-state index contributed by atoms with van der Waals surface area (Å²) >= 11 is 0. The second-order valence-electron chi connectivity index (χ2n) is 5.13. The van der Waals surface area contributed by atoms with Crippen molar-refractivity contribution in [2.75, 3.05) is 6.66 Å². The average molecular weight is 432 g/mol. The maximum Gasteiger partial charge on any atom is 2.00 e. The Kier molecular flexibility index (Phi) is 12.3. The summed E-state index contributed by atoms with van der Waals surface area (Å²) in [5.41, 5.74) is 0. The normalized spacial score (nSPS) is 9.32. The van der Waals surface area contributed by atoms with E-state index in [0.29, 0.717) is 0 Å². The smallest absolute Gasteiger partial charge is 0.342 e. The van der Waals surface area contributed by atoms with Gasteiger partial charge in [-0.1, -0.05) is 0 Å². The van der Waals surface area contributed by atoms with E-state index in [0.717, 1.165) is 10.6 Å². The second-order valence-corrected chi connectivity index (χ2v) is 8.02. The minimum atomic E-state index is -2.30. The zero-order valence-electron chi connectivity index (χ0n) is 14.0. The summed E-state index contributed by atoms with van der Waals surface area (Å²) < 4.78 is 12.3. The van der Waals surface area contributed by atoms with Gasteiger partial charge in [-0.3, -0.25) is 0 Å². The van der Waals surface area contributed by atoms with Crippen molar-refractivity contribution in [2.45, 2.75) is 0 Å². The van der Waals surface area contributed by atoms with Crippen LogP contribution in [-0.2, 0) is 38.7 Å². The fraction of sp³-hybridized carbons (Fsp3) is 0.0476. The molecule has 0 atom stereocenters. The molecule has 0 amide bonds. The van der Waals surface area contributed by atoms with Crippen LogP contribution in [0.15, 0.2) is 109 Å². The van der Waals surface area contributed by atoms with Crippen LogP contribution in [0.5, 0.6) is 0 Å². The van der Waals surface area contributed by atoms with Crippen molar-refractivity contribution < 1.29 is 38.7 Å². The molecule has 0 aromatic heterocycles. The zero-order chi connectivity index (χ0) is 16.4. The molecule has 0 heterocycles. The van der Waals surface area contributed by atoms with Crippen molar-refractivity contribution in [3.8, 4) is 0 Å². The summed E-state index contributed by atoms with van der Waals surface area (Å²) in [4.78, 5) is 0. The van der Waals surface area contributed by atoms with Gasteiger partial charge in [0.15, 0.2) is 0 Å². The molecule has 0 unspecified atom stereocenters. The summed E-state index contributed by atoms with van der Waals surface area (Å²) in [6.07, 6.45) is 0. The van der Waals surface area contributed by atoms with Gasteiger partial charge in [-0.2, -0.15) is 72.8 Å². The van der Waals surface area contributed by atoms with E-state index in [1.807, 2.05) is 116 Å². The van der Waals surface area contributed by atoms with Crippen LogP contribution < -0.4 is 10.6 Å². The Bertz CT molecular complexity index is 653. The van der Waals surface area contributed by atoms with Gasteiger partial charge in [0.1, 0.15) is 0 Å². The van der Waals surface area contributed by atoms with E-state index in [1.54, 1.807) is 0 Å². The summed E-state index contributed by atoms with van der Waals surface area (Å²) in [5.74, 6) is 0. The van der Waals surface area contributed by atoms with Crippen molar-refractivity contribution in [1.82, 2.24) is 0 Å². The van der Waals surface area contributed by atoms with Crippen molar-refractivity contribution in [3.05, 3.63) is 109 Å². The van der Waals surface area contributed by atoms with Gasteiger partial charge in [-0.25, -0.2) is 36.4 Å². The van der Waals surface area contributed by atoms with E-state index in [4.69, 9.17) is 0 Å². The Labute approximate surface area is 171 Å². The third kappa shape index (κ3) is 8.06. The maximum atomic E-state index is 12.3. The third-order valence-corrected chi connectivity index (χ3v) is 5.95. The molecule has 0 bridgehead atoms. The predicted molar refractivity (Wildman–Crippen MR) is 101 cm³/mol. The molecule has 132 valence electrons. The molecule has 0 radical (unpaired) electrons. The summed E-state index contributed by atoms with van der Waals surface area (Å²) in [7, 11) is -2.30. The van der Waals surface area contributed by atoms with Crippen LogP contribution in [0, 0.1) is 0 Å². The molecule has 4 aromatic rings. The second kappa shape index (κ2) is 13.0. The van der Waals surface area contributed by atoms with E-state index >= 15 is 0 Å². The molecular formula is C21H21Fe2OP. The van der Waals surface area contributed by atoms with Gasteiger partial charge < -0.3 is 4.57 Å². The van der Waals surface area contributed by atoms with E-state index in [9.17, 15) is 4.57 Å². The van der Waals surface area contributed by atoms with Crippen molar-refractivity contribution in [2.24, 2.45) is 0 Å². The van der Waals surface area contributed by atoms with Gasteiger partial charge in [0.05, 0.1) is 0 Å². The number of hydrogen-bond donors (Lipinski definition) is 0. The molecule has 25 heavy (non-hydrogen) atoms. The Hall–Kier alpha value is -1.33. The van der Waals surface area contributed by atoms with Crippen LogP contribution >= 0.6 is 7.14 Å². The van der Waals surface area contributed by atoms with Crippen molar-refractivity contribution >= 4 is 17.8 Å². The Morgan fingerprint density at radius 3 is 1.20 bits per heavy atom. The predicted octanol–water partition coefficient (Wildman–Crippen LogP) is 4.87. The quantitative estimate of drug-likeness (QED) is 0.251. The Morgan fingerprint density at radius 2 is 1.00 bits per heavy atom. The molecule has 4 aromatic carbocycles. The molecule has 0 N–H and O–H groups in total. The standard InChI is InChI=1S/C11H11OP.2C5H5.2Fe/c1-13(12,10-6-2-3-7-10)11-8-4-5-9-11;2*1-2-4-5-3-1;;/h2-9H,1H3;2*1-5H;;/q-2;2*-1;2*+2. The Morgan fingerprint density at radius 1 is 0.640 bits per heavy atom. The first-order valence-corrected chi connectivity index (χ1v) is 9.72. The molecule has 0 aliphatic rings. The van der Waals surface area contributed by atoms with Gasteiger partial charge >= 0.3 is 34.1 Å². The fourth-order valence-corrected chi connectivity index (χ4v) is 3.87. The SMILES string of the molecule is CP(=O)(c1cc[cH-]c1)c1cc[cH-]c1.[Fe+2].[Fe+2].c1cc[cH-]c1.c1cc[cH-]c1. The summed E-state index contributed by atoms with van der Waals surface area (Å²) in [6, 6.07) is 35.4. The van der Waals surface area contributed by atoms with E-state index in [-0.39, 0.29) is 34.1 Å². The van der Waals surface area contributed by atoms with Crippen LogP contribution in [0.4, 0.5) is 0 Å². The van der Waals surface area contributed by atoms with Crippen LogP contribution in [0.3, 0.4) is 0 Å². The first-order valence-electron chi connectivity index (χ1n) is 7.57. The fourth-order valence-electron chi connectivity index (χ4n) is 2.09. The number of rotatable bonds is 2. The van der Waals surface area contributed by atoms with Gasteiger partial charge in [-0.05, 0) is 6.66 Å². The molecule has 0 aliphatic heterocycles. The first-order chi connectivity index (χ1) is 11.2. The largest absolute Gasteiger partial charge is 2.00 e. The first kappa shape index (κ1) is 23.7. The molecule has 0 saturated heterocycles. The zero-order valence-corrected chi connectivity index (χ0v) is 17.1. The maximum absolute atomic E-state index is 12.3. The van der Waals surface area contributed by atoms with Crippen LogP contribution in [-0.4, -0.2) is 6.66 Å². The Balaban J connectivity index is 0.000000400. The topological polar surface area (TPSA) is 17.1 Å². The van der Waals surface area contributed by atoms with Crippen LogP contribution in [0.2, 0.25) is 0 Å². The van der Waals surface area contributed by atoms with Crippen LogP contribution in [0.1, 0.15) is 0 Å². The van der Waals surface area contributed by atoms with Gasteiger partial charge in [-0.15, -0.1) is 10.6 Å². The summed E-state index contributed by atoms with van der Waals surface area (Å²) in [6.45, 7) is 1.82. The van der Waals surface area contributed by atoms with Crippen molar-refractivity contribution in [1.29, 1.82) is 0 Å². The van der Waals surface area contributed by atoms with E-state index in [2.05, 4.69) is 0 Å². The summed E-state index contributed by atoms with van der Waals surface area (Å²) in [5, 5.41) is 1.89. The van der Waals surface area contributed by atoms with Gasteiger partial charge in [0.2, 0.25) is 0 Å². The van der Waals surface area contributed by atoms with Crippen molar-refractivity contribution in [3.63, 3.8) is 0 Å². The molecule has 4 rings (SSSR count). The molecule has 0 spiro atoms. The van der Waals surface area contributed by atoms with E-state index < -0.39 is 7.14 Å². The minimum Gasteiger partial charge on any atom is -0.342 e. The van der Waals surface area contributed by atoms with Gasteiger partial charge in [0.25, 0.3) is 0 Å². The molecule has 4 heteroatoms. The molecule has 0 saturated carbocycles. The molecule has 0 aliphatic carbocycles. The van der Waals surface area contributed by atoms with Crippen LogP contribution in [0.25, 0.3) is 0 Å². The monoisotopic (exact) mass is 432 g/mol. The average Bonchev–Trinajstić information content (AvgIpc) is 3.44. The molecular weight excluding hydrogens is 411 g/mol. The minimum absolute atomic E-state index is 0. The molecule has 1 nitrogen and oxygen atoms in total. The third-order valence-electron chi connectivity index (χ3n) is 3.39. The van der Waals surface area contributed by atoms with E-state index in [1.165, 1.54) is 0 Å².